The SMILES string of the molecule is CCC1(C)CCN(C(=NC)NCCS(=O)(=O)c2ccccc2)C1.I. The quantitative estimate of drug-likeness (QED) is 0.413. The highest BCUT2D eigenvalue weighted by Crippen LogP contribution is 2.32. The monoisotopic (exact) mass is 465 g/mol. The van der Waals surface area contributed by atoms with Gasteiger partial charge in [-0.2, -0.15) is 0 Å². The average Bonchev–Trinajstić information content (AvgIpc) is 2.95. The summed E-state index contributed by atoms with van der Waals surface area (Å²) in [5, 5.41) is 3.20. The van der Waals surface area contributed by atoms with E-state index in [0.717, 1.165) is 31.9 Å². The summed E-state index contributed by atoms with van der Waals surface area (Å²) in [4.78, 5) is 6.89. The van der Waals surface area contributed by atoms with Crippen molar-refractivity contribution >= 4 is 39.8 Å². The number of sulfone groups is 1. The normalized spacial score (nSPS) is 21.5. The lowest BCUT2D eigenvalue weighted by Gasteiger charge is -2.25. The van der Waals surface area contributed by atoms with Crippen LogP contribution in [0.15, 0.2) is 40.2 Å². The summed E-state index contributed by atoms with van der Waals surface area (Å²) in [6.45, 7) is 6.81. The van der Waals surface area contributed by atoms with Crippen molar-refractivity contribution in [1.29, 1.82) is 0 Å². The highest BCUT2D eigenvalue weighted by Gasteiger charge is 2.33. The fourth-order valence-electron chi connectivity index (χ4n) is 2.87. The number of benzene rings is 1. The third-order valence-corrected chi connectivity index (χ3v) is 6.41. The second kappa shape index (κ2) is 9.03. The zero-order valence-corrected chi connectivity index (χ0v) is 17.8. The molecule has 0 radical (unpaired) electrons. The third-order valence-electron chi connectivity index (χ3n) is 4.68. The van der Waals surface area contributed by atoms with E-state index >= 15 is 0 Å². The lowest BCUT2D eigenvalue weighted by Crippen LogP contribution is -2.42. The minimum absolute atomic E-state index is 0. The van der Waals surface area contributed by atoms with Crippen LogP contribution in [-0.2, 0) is 9.84 Å². The first-order valence-corrected chi connectivity index (χ1v) is 9.79. The zero-order chi connectivity index (χ0) is 16.9. The molecular weight excluding hydrogens is 437 g/mol. The predicted molar refractivity (Wildman–Crippen MR) is 110 cm³/mol. The van der Waals surface area contributed by atoms with E-state index in [-0.39, 0.29) is 29.7 Å². The molecule has 136 valence electrons. The Morgan fingerprint density at radius 1 is 1.33 bits per heavy atom. The van der Waals surface area contributed by atoms with Gasteiger partial charge in [-0.05, 0) is 30.4 Å². The summed E-state index contributed by atoms with van der Waals surface area (Å²) in [6.07, 6.45) is 2.29. The van der Waals surface area contributed by atoms with Crippen LogP contribution < -0.4 is 5.32 Å². The van der Waals surface area contributed by atoms with Gasteiger partial charge in [-0.25, -0.2) is 8.42 Å². The summed E-state index contributed by atoms with van der Waals surface area (Å²) >= 11 is 0. The fraction of sp³-hybridized carbons (Fsp3) is 0.588. The van der Waals surface area contributed by atoms with Gasteiger partial charge in [0, 0.05) is 26.7 Å². The van der Waals surface area contributed by atoms with Gasteiger partial charge in [0.05, 0.1) is 10.6 Å². The molecule has 24 heavy (non-hydrogen) atoms. The van der Waals surface area contributed by atoms with Crippen LogP contribution in [0.25, 0.3) is 0 Å². The van der Waals surface area contributed by atoms with E-state index in [2.05, 4.69) is 29.1 Å². The highest BCUT2D eigenvalue weighted by molar-refractivity contribution is 14.0. The fourth-order valence-corrected chi connectivity index (χ4v) is 4.05. The number of hydrogen-bond acceptors (Lipinski definition) is 3. The first kappa shape index (κ1) is 21.2. The number of nitrogens with one attached hydrogen (secondary N) is 1. The van der Waals surface area contributed by atoms with Gasteiger partial charge in [0.15, 0.2) is 15.8 Å². The van der Waals surface area contributed by atoms with Gasteiger partial charge in [-0.1, -0.05) is 32.0 Å². The molecule has 1 saturated heterocycles. The van der Waals surface area contributed by atoms with Crippen LogP contribution in [0.2, 0.25) is 0 Å². The molecule has 1 unspecified atom stereocenters. The van der Waals surface area contributed by atoms with E-state index in [1.807, 2.05) is 6.07 Å². The molecule has 1 atom stereocenters. The second-order valence-corrected chi connectivity index (χ2v) is 8.55. The zero-order valence-electron chi connectivity index (χ0n) is 14.7. The molecule has 0 spiro atoms. The number of aliphatic imine (C=N–C) groups is 1. The van der Waals surface area contributed by atoms with Crippen molar-refractivity contribution in [2.24, 2.45) is 10.4 Å². The van der Waals surface area contributed by atoms with Crippen LogP contribution >= 0.6 is 24.0 Å². The van der Waals surface area contributed by atoms with E-state index < -0.39 is 9.84 Å². The highest BCUT2D eigenvalue weighted by atomic mass is 127. The van der Waals surface area contributed by atoms with E-state index in [1.54, 1.807) is 31.3 Å². The number of halogens is 1. The van der Waals surface area contributed by atoms with E-state index in [9.17, 15) is 8.42 Å². The minimum atomic E-state index is -3.25. The number of hydrogen-bond donors (Lipinski definition) is 1. The largest absolute Gasteiger partial charge is 0.355 e. The minimum Gasteiger partial charge on any atom is -0.355 e. The smallest absolute Gasteiger partial charge is 0.193 e. The lowest BCUT2D eigenvalue weighted by molar-refractivity contribution is 0.322. The van der Waals surface area contributed by atoms with Crippen LogP contribution in [0.5, 0.6) is 0 Å². The molecular formula is C17H28IN3O2S. The summed E-state index contributed by atoms with van der Waals surface area (Å²) in [6, 6.07) is 8.58. The van der Waals surface area contributed by atoms with Crippen LogP contribution in [0.4, 0.5) is 0 Å². The molecule has 2 rings (SSSR count). The van der Waals surface area contributed by atoms with E-state index in [4.69, 9.17) is 0 Å². The molecule has 1 aliphatic rings. The van der Waals surface area contributed by atoms with Crippen LogP contribution in [0.1, 0.15) is 26.7 Å². The van der Waals surface area contributed by atoms with Gasteiger partial charge in [0.2, 0.25) is 0 Å². The molecule has 0 aliphatic carbocycles. The maximum absolute atomic E-state index is 12.3. The maximum Gasteiger partial charge on any atom is 0.193 e. The molecule has 7 heteroatoms. The molecule has 1 aliphatic heterocycles. The number of rotatable bonds is 5. The predicted octanol–water partition coefficient (Wildman–Crippen LogP) is 2.78. The number of nitrogens with zero attached hydrogens (tertiary/aromatic N) is 2. The maximum atomic E-state index is 12.3. The van der Waals surface area contributed by atoms with Gasteiger partial charge >= 0.3 is 0 Å². The molecule has 1 aromatic carbocycles. The molecule has 0 saturated carbocycles. The molecule has 1 N–H and O–H groups in total. The summed E-state index contributed by atoms with van der Waals surface area (Å²) < 4.78 is 24.6. The summed E-state index contributed by atoms with van der Waals surface area (Å²) in [7, 11) is -1.51. The van der Waals surface area contributed by atoms with Crippen LogP contribution in [-0.4, -0.2) is 51.7 Å². The van der Waals surface area contributed by atoms with Crippen molar-refractivity contribution < 1.29 is 8.42 Å². The van der Waals surface area contributed by atoms with Crippen LogP contribution in [0.3, 0.4) is 0 Å². The molecule has 0 amide bonds. The van der Waals surface area contributed by atoms with Crippen LogP contribution in [0, 0.1) is 5.41 Å². The van der Waals surface area contributed by atoms with Gasteiger partial charge in [-0.15, -0.1) is 24.0 Å². The van der Waals surface area contributed by atoms with Crippen molar-refractivity contribution in [3.63, 3.8) is 0 Å². The van der Waals surface area contributed by atoms with Crippen molar-refractivity contribution in [2.75, 3.05) is 32.4 Å². The third kappa shape index (κ3) is 5.34. The van der Waals surface area contributed by atoms with Crippen molar-refractivity contribution in [1.82, 2.24) is 10.2 Å². The van der Waals surface area contributed by atoms with Gasteiger partial charge < -0.3 is 10.2 Å². The number of likely N-dealkylation sites (tertiary alicyclic amines) is 1. The number of guanidine groups is 1. The Kier molecular flexibility index (Phi) is 7.98. The first-order valence-electron chi connectivity index (χ1n) is 8.14. The van der Waals surface area contributed by atoms with Crippen molar-refractivity contribution in [3.8, 4) is 0 Å². The van der Waals surface area contributed by atoms with Gasteiger partial charge in [0.1, 0.15) is 0 Å². The Morgan fingerprint density at radius 3 is 2.54 bits per heavy atom. The standard InChI is InChI=1S/C17H27N3O2S.HI/c1-4-17(2)10-12-20(14-17)16(18-3)19-11-13-23(21,22)15-8-6-5-7-9-15;/h5-9H,4,10-14H2,1-3H3,(H,18,19);1H. The molecule has 1 fully saturated rings. The van der Waals surface area contributed by atoms with Gasteiger partial charge in [-0.3, -0.25) is 4.99 Å². The molecule has 1 aromatic rings. The van der Waals surface area contributed by atoms with Gasteiger partial charge in [0.25, 0.3) is 0 Å². The molecule has 1 heterocycles. The summed E-state index contributed by atoms with van der Waals surface area (Å²) in [5.41, 5.74) is 0.327. The van der Waals surface area contributed by atoms with E-state index in [0.29, 0.717) is 16.9 Å². The first-order chi connectivity index (χ1) is 10.9. The lowest BCUT2D eigenvalue weighted by atomic mass is 9.87. The Bertz CT molecular complexity index is 649. The summed E-state index contributed by atoms with van der Waals surface area (Å²) in [5.74, 6) is 0.861. The average molecular weight is 465 g/mol. The Hall–Kier alpha value is -0.830. The Balaban J connectivity index is 0.00000288. The van der Waals surface area contributed by atoms with Crippen molar-refractivity contribution in [2.45, 2.75) is 31.6 Å². The molecule has 0 aromatic heterocycles. The Morgan fingerprint density at radius 2 is 2.00 bits per heavy atom. The second-order valence-electron chi connectivity index (χ2n) is 6.44. The Labute approximate surface area is 162 Å². The van der Waals surface area contributed by atoms with E-state index in [1.165, 1.54) is 0 Å². The molecule has 5 nitrogen and oxygen atoms in total. The van der Waals surface area contributed by atoms with Crippen molar-refractivity contribution in [3.05, 3.63) is 30.3 Å². The molecule has 0 bridgehead atoms. The topological polar surface area (TPSA) is 61.8 Å².